The summed E-state index contributed by atoms with van der Waals surface area (Å²) in [6.07, 6.45) is -2.93. The molecule has 0 radical (unpaired) electrons. The van der Waals surface area contributed by atoms with Gasteiger partial charge in [-0.15, -0.1) is 0 Å². The number of alkyl halides is 3. The predicted molar refractivity (Wildman–Crippen MR) is 111 cm³/mol. The van der Waals surface area contributed by atoms with Crippen LogP contribution >= 0.6 is 0 Å². The standard InChI is InChI=1S/C19H19BF3N3O2.C2H6/c1-17(2)18(3,4)28-20(27-17)13-9-8-12-11-24-26(14(12)10-13)16-7-5-6-15(25-16)19(21,22)23;1-2/h5-11H,1-4H3;1-2H3. The van der Waals surface area contributed by atoms with Crippen molar-refractivity contribution in [3.63, 3.8) is 0 Å². The molecule has 0 N–H and O–H groups in total. The van der Waals surface area contributed by atoms with Crippen LogP contribution in [0.4, 0.5) is 13.2 Å². The lowest BCUT2D eigenvalue weighted by atomic mass is 9.79. The molecule has 0 spiro atoms. The monoisotopic (exact) mass is 419 g/mol. The first-order chi connectivity index (χ1) is 14.0. The average Bonchev–Trinajstić information content (AvgIpc) is 3.20. The lowest BCUT2D eigenvalue weighted by Gasteiger charge is -2.32. The Morgan fingerprint density at radius 1 is 0.967 bits per heavy atom. The van der Waals surface area contributed by atoms with Crippen molar-refractivity contribution in [3.05, 3.63) is 48.3 Å². The zero-order chi connectivity index (χ0) is 22.3. The lowest BCUT2D eigenvalue weighted by Crippen LogP contribution is -2.41. The molecule has 0 amide bonds. The van der Waals surface area contributed by atoms with E-state index in [0.717, 1.165) is 16.9 Å². The van der Waals surface area contributed by atoms with Crippen LogP contribution in [0.1, 0.15) is 47.2 Å². The molecule has 2 aromatic heterocycles. The highest BCUT2D eigenvalue weighted by molar-refractivity contribution is 6.62. The van der Waals surface area contributed by atoms with E-state index in [9.17, 15) is 13.2 Å². The molecule has 4 rings (SSSR count). The SMILES string of the molecule is CC.CC1(C)OB(c2ccc3cnn(-c4cccc(C(F)(F)F)n4)c3c2)OC1(C)C. The van der Waals surface area contributed by atoms with Crippen molar-refractivity contribution in [1.29, 1.82) is 0 Å². The van der Waals surface area contributed by atoms with E-state index >= 15 is 0 Å². The quantitative estimate of drug-likeness (QED) is 0.562. The zero-order valence-electron chi connectivity index (χ0n) is 17.9. The Morgan fingerprint density at radius 2 is 1.60 bits per heavy atom. The van der Waals surface area contributed by atoms with Crippen LogP contribution in [0.15, 0.2) is 42.6 Å². The molecule has 0 saturated carbocycles. The van der Waals surface area contributed by atoms with Crippen LogP contribution in [0.25, 0.3) is 16.7 Å². The number of fused-ring (bicyclic) bond motifs is 1. The van der Waals surface area contributed by atoms with E-state index in [1.54, 1.807) is 6.20 Å². The minimum absolute atomic E-state index is 0.0934. The highest BCUT2D eigenvalue weighted by atomic mass is 19.4. The summed E-state index contributed by atoms with van der Waals surface area (Å²) < 4.78 is 52.6. The molecule has 30 heavy (non-hydrogen) atoms. The topological polar surface area (TPSA) is 49.2 Å². The van der Waals surface area contributed by atoms with Gasteiger partial charge in [-0.1, -0.05) is 32.0 Å². The van der Waals surface area contributed by atoms with Crippen LogP contribution in [-0.2, 0) is 15.5 Å². The number of hydrogen-bond acceptors (Lipinski definition) is 4. The minimum Gasteiger partial charge on any atom is -0.399 e. The summed E-state index contributed by atoms with van der Waals surface area (Å²) in [4.78, 5) is 3.72. The second-order valence-electron chi connectivity index (χ2n) is 7.84. The van der Waals surface area contributed by atoms with Gasteiger partial charge in [0, 0.05) is 5.39 Å². The van der Waals surface area contributed by atoms with Crippen molar-refractivity contribution in [1.82, 2.24) is 14.8 Å². The molecule has 5 nitrogen and oxygen atoms in total. The fourth-order valence-corrected chi connectivity index (χ4v) is 3.04. The Bertz CT molecular complexity index is 1030. The molecule has 0 unspecified atom stereocenters. The van der Waals surface area contributed by atoms with Crippen molar-refractivity contribution in [2.45, 2.75) is 58.9 Å². The van der Waals surface area contributed by atoms with E-state index in [2.05, 4.69) is 10.1 Å². The van der Waals surface area contributed by atoms with Gasteiger partial charge in [-0.3, -0.25) is 0 Å². The number of aromatic nitrogens is 3. The fourth-order valence-electron chi connectivity index (χ4n) is 3.04. The molecule has 1 saturated heterocycles. The Morgan fingerprint density at radius 3 is 2.20 bits per heavy atom. The summed E-state index contributed by atoms with van der Waals surface area (Å²) in [7, 11) is -0.577. The van der Waals surface area contributed by atoms with Crippen LogP contribution in [0.2, 0.25) is 0 Å². The Hall–Kier alpha value is -2.39. The van der Waals surface area contributed by atoms with E-state index in [1.807, 2.05) is 59.7 Å². The van der Waals surface area contributed by atoms with Crippen LogP contribution in [0.3, 0.4) is 0 Å². The largest absolute Gasteiger partial charge is 0.494 e. The Balaban J connectivity index is 0.00000124. The van der Waals surface area contributed by atoms with E-state index in [1.165, 1.54) is 16.8 Å². The second-order valence-corrected chi connectivity index (χ2v) is 7.84. The highest BCUT2D eigenvalue weighted by Gasteiger charge is 2.51. The molecule has 1 aliphatic rings. The molecule has 1 aromatic carbocycles. The average molecular weight is 419 g/mol. The highest BCUT2D eigenvalue weighted by Crippen LogP contribution is 2.36. The number of nitrogens with zero attached hydrogens (tertiary/aromatic N) is 3. The number of hydrogen-bond donors (Lipinski definition) is 0. The molecule has 3 heterocycles. The van der Waals surface area contributed by atoms with Gasteiger partial charge in [-0.05, 0) is 51.4 Å². The summed E-state index contributed by atoms with van der Waals surface area (Å²) in [5.74, 6) is 0.0934. The summed E-state index contributed by atoms with van der Waals surface area (Å²) >= 11 is 0. The first kappa shape index (κ1) is 22.3. The number of benzene rings is 1. The molecular formula is C21H25BF3N3O2. The zero-order valence-corrected chi connectivity index (χ0v) is 17.9. The third-order valence-corrected chi connectivity index (χ3v) is 5.36. The number of halogens is 3. The summed E-state index contributed by atoms with van der Waals surface area (Å²) in [5.41, 5.74) is -0.556. The van der Waals surface area contributed by atoms with Gasteiger partial charge in [0.25, 0.3) is 0 Å². The maximum Gasteiger partial charge on any atom is 0.494 e. The predicted octanol–water partition coefficient (Wildman–Crippen LogP) is 4.76. The lowest BCUT2D eigenvalue weighted by molar-refractivity contribution is -0.141. The van der Waals surface area contributed by atoms with E-state index in [4.69, 9.17) is 9.31 Å². The molecular weight excluding hydrogens is 394 g/mol. The maximum atomic E-state index is 13.0. The number of pyridine rings is 1. The number of rotatable bonds is 2. The first-order valence-electron chi connectivity index (χ1n) is 9.86. The molecule has 0 aliphatic carbocycles. The third kappa shape index (κ3) is 3.96. The molecule has 0 atom stereocenters. The molecule has 3 aromatic rings. The minimum atomic E-state index is -4.52. The van der Waals surface area contributed by atoms with Crippen molar-refractivity contribution in [2.24, 2.45) is 0 Å². The van der Waals surface area contributed by atoms with E-state index in [-0.39, 0.29) is 5.82 Å². The van der Waals surface area contributed by atoms with Gasteiger partial charge in [0.2, 0.25) is 0 Å². The van der Waals surface area contributed by atoms with E-state index < -0.39 is 30.2 Å². The van der Waals surface area contributed by atoms with Gasteiger partial charge in [0.1, 0.15) is 5.69 Å². The van der Waals surface area contributed by atoms with Gasteiger partial charge in [0.05, 0.1) is 22.9 Å². The van der Waals surface area contributed by atoms with Crippen LogP contribution in [-0.4, -0.2) is 33.1 Å². The normalized spacial score (nSPS) is 17.7. The van der Waals surface area contributed by atoms with Gasteiger partial charge in [0.15, 0.2) is 5.82 Å². The van der Waals surface area contributed by atoms with Crippen molar-refractivity contribution in [2.75, 3.05) is 0 Å². The Kier molecular flexibility index (Phi) is 5.73. The molecule has 1 aliphatic heterocycles. The molecule has 0 bridgehead atoms. The van der Waals surface area contributed by atoms with Crippen molar-refractivity contribution < 1.29 is 22.5 Å². The molecule has 1 fully saturated rings. The van der Waals surface area contributed by atoms with Gasteiger partial charge >= 0.3 is 13.3 Å². The van der Waals surface area contributed by atoms with Crippen LogP contribution in [0, 0.1) is 0 Å². The smallest absolute Gasteiger partial charge is 0.399 e. The van der Waals surface area contributed by atoms with Gasteiger partial charge < -0.3 is 9.31 Å². The van der Waals surface area contributed by atoms with Gasteiger partial charge in [-0.25, -0.2) is 9.67 Å². The van der Waals surface area contributed by atoms with Crippen molar-refractivity contribution >= 4 is 23.5 Å². The third-order valence-electron chi connectivity index (χ3n) is 5.36. The maximum absolute atomic E-state index is 13.0. The molecule has 160 valence electrons. The first-order valence-corrected chi connectivity index (χ1v) is 9.86. The fraction of sp³-hybridized carbons (Fsp3) is 0.429. The van der Waals surface area contributed by atoms with Crippen molar-refractivity contribution in [3.8, 4) is 5.82 Å². The summed E-state index contributed by atoms with van der Waals surface area (Å²) in [5, 5.41) is 5.00. The van der Waals surface area contributed by atoms with Gasteiger partial charge in [-0.2, -0.15) is 18.3 Å². The Labute approximate surface area is 174 Å². The van der Waals surface area contributed by atoms with Crippen LogP contribution < -0.4 is 5.46 Å². The summed E-state index contributed by atoms with van der Waals surface area (Å²) in [6.45, 7) is 11.8. The van der Waals surface area contributed by atoms with E-state index in [0.29, 0.717) is 5.52 Å². The molecule has 9 heteroatoms. The van der Waals surface area contributed by atoms with Crippen LogP contribution in [0.5, 0.6) is 0 Å². The summed E-state index contributed by atoms with van der Waals surface area (Å²) in [6, 6.07) is 9.26. The second kappa shape index (κ2) is 7.70.